The Morgan fingerprint density at radius 2 is 1.96 bits per heavy atom. The number of pyridine rings is 1. The van der Waals surface area contributed by atoms with E-state index in [1.165, 1.54) is 12.3 Å². The molecule has 0 radical (unpaired) electrons. The van der Waals surface area contributed by atoms with Gasteiger partial charge >= 0.3 is 0 Å². The van der Waals surface area contributed by atoms with Gasteiger partial charge in [-0.25, -0.2) is 9.37 Å². The molecule has 0 aliphatic carbocycles. The van der Waals surface area contributed by atoms with Crippen LogP contribution in [0.4, 0.5) is 4.39 Å². The molecule has 0 amide bonds. The lowest BCUT2D eigenvalue weighted by Gasteiger charge is -2.20. The van der Waals surface area contributed by atoms with Crippen molar-refractivity contribution in [2.24, 2.45) is 0 Å². The highest BCUT2D eigenvalue weighted by atomic mass is 35.5. The zero-order chi connectivity index (χ0) is 16.8. The molecule has 6 nitrogen and oxygen atoms in total. The van der Waals surface area contributed by atoms with Crippen molar-refractivity contribution in [1.29, 1.82) is 0 Å². The second kappa shape index (κ2) is 5.42. The molecule has 3 aromatic rings. The number of hydrogen-bond donors (Lipinski definition) is 0. The van der Waals surface area contributed by atoms with E-state index in [0.29, 0.717) is 27.8 Å². The van der Waals surface area contributed by atoms with E-state index in [9.17, 15) is 4.39 Å². The van der Waals surface area contributed by atoms with Gasteiger partial charge in [-0.1, -0.05) is 11.6 Å². The summed E-state index contributed by atoms with van der Waals surface area (Å²) in [4.78, 5) is 4.03. The Kier molecular flexibility index (Phi) is 3.68. The van der Waals surface area contributed by atoms with Gasteiger partial charge < -0.3 is 4.74 Å². The summed E-state index contributed by atoms with van der Waals surface area (Å²) in [6.07, 6.45) is 1.48. The van der Waals surface area contributed by atoms with Gasteiger partial charge in [0.2, 0.25) is 0 Å². The van der Waals surface area contributed by atoms with Crippen LogP contribution in [0.25, 0.3) is 16.9 Å². The van der Waals surface area contributed by atoms with Gasteiger partial charge in [0.15, 0.2) is 17.3 Å². The minimum absolute atomic E-state index is 0.0565. The molecule has 3 heterocycles. The van der Waals surface area contributed by atoms with Gasteiger partial charge in [-0.2, -0.15) is 9.61 Å². The van der Waals surface area contributed by atoms with E-state index < -0.39 is 11.4 Å². The number of aryl methyl sites for hydroxylation is 1. The number of halogens is 2. The van der Waals surface area contributed by atoms with Crippen LogP contribution in [0.5, 0.6) is 5.88 Å². The SMILES string of the molecule is Cc1nnc2cc(Cl)c(-c3cnc(OC(C)(C)C)c(F)c3)nn12. The average Bonchev–Trinajstić information content (AvgIpc) is 2.80. The molecule has 23 heavy (non-hydrogen) atoms. The second-order valence-corrected chi connectivity index (χ2v) is 6.49. The molecule has 0 fully saturated rings. The van der Waals surface area contributed by atoms with E-state index in [-0.39, 0.29) is 5.88 Å². The molecule has 120 valence electrons. The van der Waals surface area contributed by atoms with Crippen LogP contribution >= 0.6 is 11.6 Å². The van der Waals surface area contributed by atoms with Gasteiger partial charge in [0.25, 0.3) is 5.88 Å². The summed E-state index contributed by atoms with van der Waals surface area (Å²) in [6, 6.07) is 2.93. The number of hydrogen-bond acceptors (Lipinski definition) is 5. The van der Waals surface area contributed by atoms with Crippen LogP contribution in [0.15, 0.2) is 18.3 Å². The Labute approximate surface area is 137 Å². The molecule has 0 N–H and O–H groups in total. The van der Waals surface area contributed by atoms with Crippen LogP contribution in [-0.4, -0.2) is 30.4 Å². The van der Waals surface area contributed by atoms with Gasteiger partial charge in [-0.3, -0.25) is 0 Å². The minimum Gasteiger partial charge on any atom is -0.470 e. The van der Waals surface area contributed by atoms with E-state index in [1.807, 2.05) is 20.8 Å². The molecular formula is C15H15ClFN5O. The van der Waals surface area contributed by atoms with E-state index in [4.69, 9.17) is 16.3 Å². The first-order valence-corrected chi connectivity index (χ1v) is 7.36. The van der Waals surface area contributed by atoms with Crippen LogP contribution in [0.1, 0.15) is 26.6 Å². The number of nitrogens with zero attached hydrogens (tertiary/aromatic N) is 5. The highest BCUT2D eigenvalue weighted by molar-refractivity contribution is 6.33. The molecule has 0 saturated carbocycles. The lowest BCUT2D eigenvalue weighted by atomic mass is 10.2. The molecule has 0 aromatic carbocycles. The number of rotatable bonds is 2. The summed E-state index contributed by atoms with van der Waals surface area (Å²) in [5.74, 6) is -0.0196. The monoisotopic (exact) mass is 335 g/mol. The van der Waals surface area contributed by atoms with E-state index in [1.54, 1.807) is 17.5 Å². The summed E-state index contributed by atoms with van der Waals surface area (Å²) in [6.45, 7) is 7.24. The zero-order valence-corrected chi connectivity index (χ0v) is 13.9. The maximum atomic E-state index is 14.2. The van der Waals surface area contributed by atoms with Crippen molar-refractivity contribution in [1.82, 2.24) is 24.8 Å². The summed E-state index contributed by atoms with van der Waals surface area (Å²) in [7, 11) is 0. The predicted molar refractivity (Wildman–Crippen MR) is 84.1 cm³/mol. The smallest absolute Gasteiger partial charge is 0.250 e. The van der Waals surface area contributed by atoms with E-state index in [2.05, 4.69) is 20.3 Å². The molecule has 3 aromatic heterocycles. The first-order chi connectivity index (χ1) is 10.7. The van der Waals surface area contributed by atoms with Crippen molar-refractivity contribution in [3.8, 4) is 17.1 Å². The molecule has 0 unspecified atom stereocenters. The maximum Gasteiger partial charge on any atom is 0.250 e. The third-order valence-electron chi connectivity index (χ3n) is 2.99. The Morgan fingerprint density at radius 3 is 2.61 bits per heavy atom. The lowest BCUT2D eigenvalue weighted by molar-refractivity contribution is 0.117. The highest BCUT2D eigenvalue weighted by Crippen LogP contribution is 2.29. The molecule has 0 saturated heterocycles. The standard InChI is InChI=1S/C15H15ClFN5O/c1-8-19-20-12-6-10(16)13(21-22(8)12)9-5-11(17)14(18-7-9)23-15(2,3)4/h5-7H,1-4H3. The van der Waals surface area contributed by atoms with Crippen LogP contribution in [0, 0.1) is 12.7 Å². The Morgan fingerprint density at radius 1 is 1.22 bits per heavy atom. The van der Waals surface area contributed by atoms with E-state index in [0.717, 1.165) is 0 Å². The fourth-order valence-corrected chi connectivity index (χ4v) is 2.28. The highest BCUT2D eigenvalue weighted by Gasteiger charge is 2.18. The molecule has 0 atom stereocenters. The third-order valence-corrected chi connectivity index (χ3v) is 3.27. The maximum absolute atomic E-state index is 14.2. The molecule has 0 spiro atoms. The van der Waals surface area contributed by atoms with Crippen LogP contribution in [-0.2, 0) is 0 Å². The van der Waals surface area contributed by atoms with Gasteiger partial charge in [0, 0.05) is 17.8 Å². The summed E-state index contributed by atoms with van der Waals surface area (Å²) in [5, 5.41) is 12.6. The number of ether oxygens (including phenoxy) is 1. The Hall–Kier alpha value is -2.28. The van der Waals surface area contributed by atoms with Crippen LogP contribution in [0.2, 0.25) is 5.02 Å². The fourth-order valence-electron chi connectivity index (χ4n) is 2.03. The average molecular weight is 336 g/mol. The predicted octanol–water partition coefficient (Wildman–Crippen LogP) is 3.46. The molecule has 0 aliphatic rings. The number of aromatic nitrogens is 5. The van der Waals surface area contributed by atoms with Crippen molar-refractivity contribution in [3.05, 3.63) is 35.0 Å². The molecular weight excluding hydrogens is 321 g/mol. The van der Waals surface area contributed by atoms with Crippen LogP contribution < -0.4 is 4.74 Å². The van der Waals surface area contributed by atoms with Crippen molar-refractivity contribution in [2.45, 2.75) is 33.3 Å². The Balaban J connectivity index is 2.06. The van der Waals surface area contributed by atoms with Crippen LogP contribution in [0.3, 0.4) is 0 Å². The van der Waals surface area contributed by atoms with Gasteiger partial charge in [0.05, 0.1) is 5.02 Å². The van der Waals surface area contributed by atoms with Crippen molar-refractivity contribution < 1.29 is 9.13 Å². The molecule has 0 bridgehead atoms. The topological polar surface area (TPSA) is 65.2 Å². The first-order valence-electron chi connectivity index (χ1n) is 6.98. The van der Waals surface area contributed by atoms with Gasteiger partial charge in [0.1, 0.15) is 11.3 Å². The minimum atomic E-state index is -0.573. The van der Waals surface area contributed by atoms with Crippen molar-refractivity contribution >= 4 is 17.2 Å². The molecule has 0 aliphatic heterocycles. The Bertz CT molecular complexity index is 887. The molecule has 3 rings (SSSR count). The number of fused-ring (bicyclic) bond motifs is 1. The van der Waals surface area contributed by atoms with Crippen molar-refractivity contribution in [2.75, 3.05) is 0 Å². The van der Waals surface area contributed by atoms with Gasteiger partial charge in [-0.05, 0) is 33.8 Å². The fraction of sp³-hybridized carbons (Fsp3) is 0.333. The van der Waals surface area contributed by atoms with Crippen molar-refractivity contribution in [3.63, 3.8) is 0 Å². The zero-order valence-electron chi connectivity index (χ0n) is 13.1. The molecule has 8 heteroatoms. The lowest BCUT2D eigenvalue weighted by Crippen LogP contribution is -2.24. The quantitative estimate of drug-likeness (QED) is 0.717. The first kappa shape index (κ1) is 15.6. The summed E-state index contributed by atoms with van der Waals surface area (Å²) in [5.41, 5.74) is 0.834. The normalized spacial score (nSPS) is 11.9. The largest absolute Gasteiger partial charge is 0.470 e. The van der Waals surface area contributed by atoms with E-state index >= 15 is 0 Å². The summed E-state index contributed by atoms with van der Waals surface area (Å²) < 4.78 is 21.2. The second-order valence-electron chi connectivity index (χ2n) is 6.08. The van der Waals surface area contributed by atoms with Gasteiger partial charge in [-0.15, -0.1) is 10.2 Å². The summed E-state index contributed by atoms with van der Waals surface area (Å²) >= 11 is 6.22. The third kappa shape index (κ3) is 3.10.